The summed E-state index contributed by atoms with van der Waals surface area (Å²) in [5.74, 6) is -0.203. The molecule has 3 aromatic carbocycles. The van der Waals surface area contributed by atoms with Crippen molar-refractivity contribution in [2.24, 2.45) is 0 Å². The zero-order valence-electron chi connectivity index (χ0n) is 14.4. The Bertz CT molecular complexity index is 1080. The van der Waals surface area contributed by atoms with Crippen LogP contribution in [0.2, 0.25) is 5.02 Å². The molecule has 0 spiro atoms. The first-order valence-corrected chi connectivity index (χ1v) is 8.99. The van der Waals surface area contributed by atoms with Crippen LogP contribution in [0.1, 0.15) is 31.8 Å². The second kappa shape index (κ2) is 7.22. The molecule has 0 saturated carbocycles. The molecule has 0 heterocycles. The van der Waals surface area contributed by atoms with Gasteiger partial charge in [0.1, 0.15) is 0 Å². The molecule has 0 aromatic heterocycles. The lowest BCUT2D eigenvalue weighted by Gasteiger charge is -2.07. The van der Waals surface area contributed by atoms with E-state index in [1.165, 1.54) is 0 Å². The van der Waals surface area contributed by atoms with Gasteiger partial charge in [-0.05, 0) is 41.5 Å². The maximum atomic E-state index is 12.5. The van der Waals surface area contributed by atoms with Gasteiger partial charge in [-0.25, -0.2) is 0 Å². The number of rotatable bonds is 3. The van der Waals surface area contributed by atoms with Crippen LogP contribution < -0.4 is 5.32 Å². The number of hydrogen-bond acceptors (Lipinski definition) is 2. The van der Waals surface area contributed by atoms with Crippen LogP contribution in [0.3, 0.4) is 0 Å². The van der Waals surface area contributed by atoms with Crippen LogP contribution in [-0.4, -0.2) is 11.7 Å². The smallest absolute Gasteiger partial charge is 0.257 e. The number of carbonyl (C=O) groups excluding carboxylic acids is 2. The van der Waals surface area contributed by atoms with Gasteiger partial charge in [0.15, 0.2) is 5.78 Å². The van der Waals surface area contributed by atoms with Crippen LogP contribution in [0.25, 0.3) is 6.08 Å². The Balaban J connectivity index is 1.56. The predicted molar refractivity (Wildman–Crippen MR) is 108 cm³/mol. The molecule has 1 aliphatic carbocycles. The van der Waals surface area contributed by atoms with Gasteiger partial charge in [-0.3, -0.25) is 9.59 Å². The van der Waals surface area contributed by atoms with Crippen molar-refractivity contribution < 1.29 is 9.59 Å². The molecule has 1 N–H and O–H groups in total. The fourth-order valence-corrected chi connectivity index (χ4v) is 3.44. The molecule has 0 unspecified atom stereocenters. The molecule has 0 radical (unpaired) electrons. The number of fused-ring (bicyclic) bond motifs is 1. The summed E-state index contributed by atoms with van der Waals surface area (Å²) in [5, 5.41) is 3.26. The number of benzene rings is 3. The van der Waals surface area contributed by atoms with Gasteiger partial charge in [-0.1, -0.05) is 60.1 Å². The van der Waals surface area contributed by atoms with Crippen LogP contribution in [0, 0.1) is 0 Å². The van der Waals surface area contributed by atoms with Gasteiger partial charge in [0.2, 0.25) is 0 Å². The Morgan fingerprint density at radius 1 is 0.963 bits per heavy atom. The van der Waals surface area contributed by atoms with Gasteiger partial charge >= 0.3 is 0 Å². The van der Waals surface area contributed by atoms with Gasteiger partial charge in [0.05, 0.1) is 10.6 Å². The lowest BCUT2D eigenvalue weighted by atomic mass is 10.1. The molecule has 4 heteroatoms. The molecule has 132 valence electrons. The van der Waals surface area contributed by atoms with E-state index in [1.54, 1.807) is 24.3 Å². The highest BCUT2D eigenvalue weighted by molar-refractivity contribution is 6.34. The summed E-state index contributed by atoms with van der Waals surface area (Å²) >= 11 is 6.08. The number of ketones is 1. The van der Waals surface area contributed by atoms with Crippen molar-refractivity contribution >= 4 is 35.1 Å². The monoisotopic (exact) mass is 373 g/mol. The highest BCUT2D eigenvalue weighted by Crippen LogP contribution is 2.28. The molecule has 1 aliphatic rings. The number of anilines is 1. The molecule has 0 saturated heterocycles. The first kappa shape index (κ1) is 17.3. The number of Topliss-reactive ketones (excluding diaryl/α,β-unsaturated/α-hetero) is 1. The van der Waals surface area contributed by atoms with Crippen LogP contribution in [0.5, 0.6) is 0 Å². The van der Waals surface area contributed by atoms with Crippen molar-refractivity contribution in [1.29, 1.82) is 0 Å². The molecule has 0 fully saturated rings. The number of amides is 1. The van der Waals surface area contributed by atoms with E-state index < -0.39 is 0 Å². The quantitative estimate of drug-likeness (QED) is 0.623. The topological polar surface area (TPSA) is 46.2 Å². The summed E-state index contributed by atoms with van der Waals surface area (Å²) < 4.78 is 0. The average Bonchev–Trinajstić information content (AvgIpc) is 2.98. The third-order valence-corrected chi connectivity index (χ3v) is 4.87. The van der Waals surface area contributed by atoms with Gasteiger partial charge in [-0.15, -0.1) is 0 Å². The van der Waals surface area contributed by atoms with E-state index in [0.717, 1.165) is 22.3 Å². The second-order valence-electron chi connectivity index (χ2n) is 6.39. The fraction of sp³-hybridized carbons (Fsp3) is 0.0435. The van der Waals surface area contributed by atoms with E-state index >= 15 is 0 Å². The van der Waals surface area contributed by atoms with E-state index in [1.807, 2.05) is 54.6 Å². The largest absolute Gasteiger partial charge is 0.322 e. The van der Waals surface area contributed by atoms with E-state index in [2.05, 4.69) is 5.32 Å². The Kier molecular flexibility index (Phi) is 4.61. The predicted octanol–water partition coefficient (Wildman–Crippen LogP) is 5.41. The Morgan fingerprint density at radius 2 is 1.74 bits per heavy atom. The van der Waals surface area contributed by atoms with Crippen molar-refractivity contribution in [1.82, 2.24) is 0 Å². The Labute approximate surface area is 162 Å². The number of halogens is 1. The van der Waals surface area contributed by atoms with Crippen LogP contribution in [0.4, 0.5) is 5.69 Å². The van der Waals surface area contributed by atoms with Crippen LogP contribution >= 0.6 is 11.6 Å². The molecule has 3 nitrogen and oxygen atoms in total. The summed E-state index contributed by atoms with van der Waals surface area (Å²) in [6.45, 7) is 0. The van der Waals surface area contributed by atoms with Gasteiger partial charge in [-0.2, -0.15) is 0 Å². The van der Waals surface area contributed by atoms with Crippen molar-refractivity contribution in [3.8, 4) is 0 Å². The molecule has 0 bridgehead atoms. The third kappa shape index (κ3) is 3.55. The molecular formula is C23H16ClNO2. The van der Waals surface area contributed by atoms with Crippen molar-refractivity contribution in [2.45, 2.75) is 6.42 Å². The summed E-state index contributed by atoms with van der Waals surface area (Å²) in [4.78, 5) is 25.0. The van der Waals surface area contributed by atoms with E-state index in [0.29, 0.717) is 22.7 Å². The van der Waals surface area contributed by atoms with Crippen LogP contribution in [0.15, 0.2) is 78.4 Å². The van der Waals surface area contributed by atoms with Crippen molar-refractivity contribution in [2.75, 3.05) is 5.32 Å². The maximum Gasteiger partial charge on any atom is 0.257 e. The summed E-state index contributed by atoms with van der Waals surface area (Å²) in [6, 6.07) is 22.0. The SMILES string of the molecule is O=C(Nc1cccc(C=C2Cc3ccccc3C2=O)c1)c1ccccc1Cl. The minimum Gasteiger partial charge on any atom is -0.322 e. The Hall–Kier alpha value is -3.17. The van der Waals surface area contributed by atoms with Crippen molar-refractivity contribution in [3.63, 3.8) is 0 Å². The molecule has 3 aromatic rings. The van der Waals surface area contributed by atoms with Gasteiger partial charge in [0.25, 0.3) is 5.91 Å². The first-order valence-electron chi connectivity index (χ1n) is 8.61. The third-order valence-electron chi connectivity index (χ3n) is 4.54. The number of nitrogens with one attached hydrogen (secondary N) is 1. The summed E-state index contributed by atoms with van der Waals surface area (Å²) in [7, 11) is 0. The fourth-order valence-electron chi connectivity index (χ4n) is 3.22. The lowest BCUT2D eigenvalue weighted by Crippen LogP contribution is -2.12. The summed E-state index contributed by atoms with van der Waals surface area (Å²) in [5.41, 5.74) is 4.51. The van der Waals surface area contributed by atoms with E-state index in [4.69, 9.17) is 11.6 Å². The van der Waals surface area contributed by atoms with E-state index in [9.17, 15) is 9.59 Å². The molecule has 1 amide bonds. The normalized spacial score (nSPS) is 14.3. The molecule has 4 rings (SSSR count). The van der Waals surface area contributed by atoms with Gasteiger partial charge < -0.3 is 5.32 Å². The minimum absolute atomic E-state index is 0.0658. The Morgan fingerprint density at radius 3 is 2.56 bits per heavy atom. The first-order chi connectivity index (χ1) is 13.1. The molecule has 27 heavy (non-hydrogen) atoms. The van der Waals surface area contributed by atoms with Crippen molar-refractivity contribution in [3.05, 3.63) is 106 Å². The molecular weight excluding hydrogens is 358 g/mol. The number of carbonyl (C=O) groups is 2. The summed E-state index contributed by atoms with van der Waals surface area (Å²) in [6.07, 6.45) is 2.51. The second-order valence-corrected chi connectivity index (χ2v) is 6.80. The molecule has 0 atom stereocenters. The zero-order valence-corrected chi connectivity index (χ0v) is 15.2. The van der Waals surface area contributed by atoms with Crippen LogP contribution in [-0.2, 0) is 6.42 Å². The maximum absolute atomic E-state index is 12.5. The number of allylic oxidation sites excluding steroid dienone is 1. The highest BCUT2D eigenvalue weighted by atomic mass is 35.5. The van der Waals surface area contributed by atoms with Gasteiger partial charge in [0, 0.05) is 23.2 Å². The minimum atomic E-state index is -0.269. The standard InChI is InChI=1S/C23H16ClNO2/c24-21-11-4-3-10-20(21)23(27)25-18-8-5-6-15(13-18)12-17-14-16-7-1-2-9-19(16)22(17)26/h1-13H,14H2,(H,25,27). The highest BCUT2D eigenvalue weighted by Gasteiger charge is 2.23. The average molecular weight is 374 g/mol. The number of hydrogen-bond donors (Lipinski definition) is 1. The van der Waals surface area contributed by atoms with E-state index in [-0.39, 0.29) is 11.7 Å². The zero-order chi connectivity index (χ0) is 18.8. The molecule has 0 aliphatic heterocycles. The lowest BCUT2D eigenvalue weighted by molar-refractivity contribution is 0.102.